The van der Waals surface area contributed by atoms with Crippen LogP contribution in [-0.4, -0.2) is 69.8 Å². The van der Waals surface area contributed by atoms with Gasteiger partial charge in [-0.15, -0.1) is 26.3 Å². The first-order valence-electron chi connectivity index (χ1n) is 14.4. The van der Waals surface area contributed by atoms with Crippen molar-refractivity contribution in [3.8, 4) is 11.5 Å². The van der Waals surface area contributed by atoms with E-state index in [0.29, 0.717) is 11.3 Å². The van der Waals surface area contributed by atoms with Crippen LogP contribution in [0.2, 0.25) is 0 Å². The average molecular weight is 691 g/mol. The molecule has 1 saturated heterocycles. The van der Waals surface area contributed by atoms with Gasteiger partial charge in [-0.05, 0) is 72.6 Å². The van der Waals surface area contributed by atoms with Gasteiger partial charge in [-0.3, -0.25) is 9.53 Å². The summed E-state index contributed by atoms with van der Waals surface area (Å²) < 4.78 is 114. The van der Waals surface area contributed by atoms with E-state index in [2.05, 4.69) is 14.8 Å². The second-order valence-electron chi connectivity index (χ2n) is 10.6. The molecule has 1 aliphatic heterocycles. The molecule has 3 atom stereocenters. The summed E-state index contributed by atoms with van der Waals surface area (Å²) in [4.78, 5) is 14.9. The van der Waals surface area contributed by atoms with E-state index < -0.39 is 59.0 Å². The van der Waals surface area contributed by atoms with Crippen molar-refractivity contribution in [3.63, 3.8) is 0 Å². The van der Waals surface area contributed by atoms with Gasteiger partial charge in [0.25, 0.3) is 5.91 Å². The predicted molar refractivity (Wildman–Crippen MR) is 158 cm³/mol. The molecule has 16 heteroatoms. The van der Waals surface area contributed by atoms with Gasteiger partial charge in [0.15, 0.2) is 9.84 Å². The molecule has 0 bridgehead atoms. The number of carbonyl (C=O) groups is 1. The second kappa shape index (κ2) is 14.8. The monoisotopic (exact) mass is 690 g/mol. The Morgan fingerprint density at radius 3 is 2.11 bits per heavy atom. The zero-order valence-electron chi connectivity index (χ0n) is 24.9. The van der Waals surface area contributed by atoms with E-state index in [-0.39, 0.29) is 48.0 Å². The predicted octanol–water partition coefficient (Wildman–Crippen LogP) is 5.80. The van der Waals surface area contributed by atoms with Crippen LogP contribution in [0, 0.1) is 0 Å². The third-order valence-corrected chi connectivity index (χ3v) is 9.13. The molecule has 256 valence electrons. The maximum Gasteiger partial charge on any atom is 0.573 e. The van der Waals surface area contributed by atoms with E-state index in [1.807, 2.05) is 0 Å². The van der Waals surface area contributed by atoms with Gasteiger partial charge in [-0.1, -0.05) is 19.1 Å². The number of sulfone groups is 1. The molecule has 0 spiro atoms. The van der Waals surface area contributed by atoms with Crippen molar-refractivity contribution in [3.05, 3.63) is 83.9 Å². The first kappa shape index (κ1) is 35.8. The fraction of sp³-hybridized carbons (Fsp3) is 0.387. The Hall–Kier alpha value is -4.02. The molecule has 47 heavy (non-hydrogen) atoms. The molecule has 1 fully saturated rings. The van der Waals surface area contributed by atoms with Crippen LogP contribution >= 0.6 is 0 Å². The quantitative estimate of drug-likeness (QED) is 0.217. The summed E-state index contributed by atoms with van der Waals surface area (Å²) in [5.41, 5.74) is 1.27. The van der Waals surface area contributed by atoms with Crippen molar-refractivity contribution < 1.29 is 58.9 Å². The number of hydrogen-bond acceptors (Lipinski definition) is 8. The maximum absolute atomic E-state index is 13.1. The van der Waals surface area contributed by atoms with Gasteiger partial charge in [0.1, 0.15) is 17.6 Å². The Balaban J connectivity index is 1.45. The molecule has 3 aromatic rings. The van der Waals surface area contributed by atoms with Crippen molar-refractivity contribution in [1.82, 2.24) is 5.32 Å². The Morgan fingerprint density at radius 1 is 0.936 bits per heavy atom. The van der Waals surface area contributed by atoms with E-state index >= 15 is 0 Å². The number of carbonyl (C=O) groups excluding carboxylic acids is 1. The van der Waals surface area contributed by atoms with Gasteiger partial charge >= 0.3 is 12.7 Å². The number of halogens is 6. The van der Waals surface area contributed by atoms with Crippen LogP contribution < -0.4 is 19.7 Å². The number of amides is 1. The van der Waals surface area contributed by atoms with Gasteiger partial charge < -0.3 is 24.8 Å². The third-order valence-electron chi connectivity index (χ3n) is 7.38. The summed E-state index contributed by atoms with van der Waals surface area (Å²) in [6, 6.07) is 15.2. The molecule has 9 nitrogen and oxygen atoms in total. The van der Waals surface area contributed by atoms with E-state index in [9.17, 15) is 44.7 Å². The molecular formula is C31H32F6N2O7S. The zero-order chi connectivity index (χ0) is 34.4. The summed E-state index contributed by atoms with van der Waals surface area (Å²) in [6.45, 7) is 0.661. The number of nitrogens with zero attached hydrogens (tertiary/aromatic N) is 1. The van der Waals surface area contributed by atoms with Gasteiger partial charge in [-0.25, -0.2) is 8.42 Å². The molecule has 0 aromatic heterocycles. The third kappa shape index (κ3) is 10.2. The van der Waals surface area contributed by atoms with Crippen molar-refractivity contribution >= 4 is 21.4 Å². The highest BCUT2D eigenvalue weighted by molar-refractivity contribution is 7.91. The number of aliphatic hydroxyl groups is 1. The Labute approximate surface area is 267 Å². The molecule has 3 aromatic carbocycles. The summed E-state index contributed by atoms with van der Waals surface area (Å²) in [6.07, 6.45) is -10.1. The number of nitrogens with one attached hydrogen (secondary N) is 1. The lowest BCUT2D eigenvalue weighted by molar-refractivity contribution is -0.325. The minimum atomic E-state index is -4.88. The highest BCUT2D eigenvalue weighted by Crippen LogP contribution is 2.32. The molecule has 1 heterocycles. The van der Waals surface area contributed by atoms with Crippen molar-refractivity contribution in [2.24, 2.45) is 0 Å². The van der Waals surface area contributed by atoms with Crippen LogP contribution in [0.25, 0.3) is 0 Å². The topological polar surface area (TPSA) is 114 Å². The number of aliphatic hydroxyl groups excluding tert-OH is 1. The van der Waals surface area contributed by atoms with E-state index in [1.165, 1.54) is 43.3 Å². The molecule has 2 N–H and O–H groups in total. The van der Waals surface area contributed by atoms with Gasteiger partial charge in [0.05, 0.1) is 35.9 Å². The Kier molecular flexibility index (Phi) is 11.3. The number of benzene rings is 3. The maximum atomic E-state index is 13.1. The largest absolute Gasteiger partial charge is 0.573 e. The van der Waals surface area contributed by atoms with Crippen LogP contribution in [0.4, 0.5) is 32.0 Å². The van der Waals surface area contributed by atoms with E-state index in [4.69, 9.17) is 4.74 Å². The zero-order valence-corrected chi connectivity index (χ0v) is 25.7. The number of hydrogen-bond donors (Lipinski definition) is 2. The van der Waals surface area contributed by atoms with Gasteiger partial charge in [-0.2, -0.15) is 0 Å². The minimum absolute atomic E-state index is 0.0711. The van der Waals surface area contributed by atoms with Crippen LogP contribution in [0.3, 0.4) is 0 Å². The summed E-state index contributed by atoms with van der Waals surface area (Å²) >= 11 is 0. The van der Waals surface area contributed by atoms with Crippen molar-refractivity contribution in [1.29, 1.82) is 0 Å². The lowest BCUT2D eigenvalue weighted by Gasteiger charge is -2.27. The van der Waals surface area contributed by atoms with Crippen molar-refractivity contribution in [2.45, 2.75) is 55.6 Å². The first-order valence-corrected chi connectivity index (χ1v) is 16.1. The fourth-order valence-corrected chi connectivity index (χ4v) is 5.99. The lowest BCUT2D eigenvalue weighted by Crippen LogP contribution is -2.35. The average Bonchev–Trinajstić information content (AvgIpc) is 3.42. The number of anilines is 1. The molecule has 1 unspecified atom stereocenters. The molecule has 0 radical (unpaired) electrons. The summed E-state index contributed by atoms with van der Waals surface area (Å²) in [7, 11) is -3.42. The molecule has 1 amide bonds. The smallest absolute Gasteiger partial charge is 0.489 e. The standard InChI is InChI=1S/C31H32F6N2O7S/c1-2-47(42,43)27-13-5-20(6-14-27)28(15-16-40)38-29(41)21-3-7-22(8-4-21)39-18-26(17-23(39)19-44-30(32,33)34)45-24-9-11-25(12-10-24)46-31(35,36)37/h3-14,23,26,28,40H,2,15-19H2,1H3,(H,38,41)/t23-,26?,28-/m0/s1. The second-order valence-corrected chi connectivity index (χ2v) is 12.9. The molecule has 0 aliphatic carbocycles. The van der Waals surface area contributed by atoms with Crippen molar-refractivity contribution in [2.75, 3.05) is 30.4 Å². The molecule has 0 saturated carbocycles. The summed E-state index contributed by atoms with van der Waals surface area (Å²) in [5.74, 6) is -0.842. The van der Waals surface area contributed by atoms with Gasteiger partial charge in [0.2, 0.25) is 0 Å². The number of ether oxygens (including phenoxy) is 3. The lowest BCUT2D eigenvalue weighted by atomic mass is 10.0. The molecule has 4 rings (SSSR count). The van der Waals surface area contributed by atoms with Crippen LogP contribution in [0.5, 0.6) is 11.5 Å². The summed E-state index contributed by atoms with van der Waals surface area (Å²) in [5, 5.41) is 12.4. The molecular weight excluding hydrogens is 658 g/mol. The van der Waals surface area contributed by atoms with E-state index in [1.54, 1.807) is 29.2 Å². The van der Waals surface area contributed by atoms with E-state index in [0.717, 1.165) is 12.1 Å². The Bertz CT molecular complexity index is 1580. The van der Waals surface area contributed by atoms with Crippen LogP contribution in [0.15, 0.2) is 77.7 Å². The number of alkyl halides is 6. The van der Waals surface area contributed by atoms with Crippen LogP contribution in [-0.2, 0) is 14.6 Å². The van der Waals surface area contributed by atoms with Gasteiger partial charge in [0, 0.05) is 24.3 Å². The highest BCUT2D eigenvalue weighted by Gasteiger charge is 2.38. The fourth-order valence-electron chi connectivity index (χ4n) is 5.11. The SMILES string of the molecule is CCS(=O)(=O)c1ccc([C@H](CCO)NC(=O)c2ccc(N3CC(Oc4ccc(OC(F)(F)F)cc4)C[C@H]3COC(F)(F)F)cc2)cc1. The minimum Gasteiger partial charge on any atom is -0.489 e. The Morgan fingerprint density at radius 2 is 1.55 bits per heavy atom. The molecule has 1 aliphatic rings. The first-order chi connectivity index (χ1) is 22.1. The highest BCUT2D eigenvalue weighted by atomic mass is 32.2. The number of rotatable bonds is 13. The van der Waals surface area contributed by atoms with Crippen LogP contribution in [0.1, 0.15) is 41.7 Å². The normalized spacial score (nSPS) is 17.7.